The molecule has 5 amide bonds. The Balaban J connectivity index is 1.29. The minimum Gasteiger partial charge on any atom is -0.508 e. The third kappa shape index (κ3) is 10.3. The molecule has 0 aliphatic carbocycles. The number of aromatic nitrogens is 2. The van der Waals surface area contributed by atoms with E-state index in [0.717, 1.165) is 39.0 Å². The van der Waals surface area contributed by atoms with Crippen molar-refractivity contribution in [2.75, 3.05) is 53.5 Å². The smallest absolute Gasteiger partial charge is 0.324 e. The first-order chi connectivity index (χ1) is 31.9. The van der Waals surface area contributed by atoms with Crippen molar-refractivity contribution in [2.24, 2.45) is 11.3 Å². The number of carbonyl (C=O) groups is 5. The molecule has 4 atom stereocenters. The molecule has 7 rings (SSSR count). The normalized spacial score (nSPS) is 19.9. The largest absolute Gasteiger partial charge is 0.508 e. The number of urea groups is 1. The van der Waals surface area contributed by atoms with Crippen LogP contribution in [-0.2, 0) is 48.0 Å². The Morgan fingerprint density at radius 3 is 2.46 bits per heavy atom. The predicted octanol–water partition coefficient (Wildman–Crippen LogP) is 5.86. The fourth-order valence-electron chi connectivity index (χ4n) is 9.84. The number of fused-ring (bicyclic) bond motifs is 6. The van der Waals surface area contributed by atoms with Crippen LogP contribution >= 0.6 is 0 Å². The highest BCUT2D eigenvalue weighted by atomic mass is 16.5. The minimum absolute atomic E-state index is 0.0133. The zero-order valence-electron chi connectivity index (χ0n) is 40.1. The summed E-state index contributed by atoms with van der Waals surface area (Å²) in [6, 6.07) is 12.1. The third-order valence-electron chi connectivity index (χ3n) is 13.3. The number of phenolic OH excluding ortho intramolecular Hbond substituents is 1. The number of cyclic esters (lactones) is 1. The molecule has 67 heavy (non-hydrogen) atoms. The molecule has 16 nitrogen and oxygen atoms in total. The van der Waals surface area contributed by atoms with Crippen molar-refractivity contribution in [1.82, 2.24) is 40.0 Å². The summed E-state index contributed by atoms with van der Waals surface area (Å²) in [7, 11) is 3.24. The topological polar surface area (TPSA) is 179 Å². The second kappa shape index (κ2) is 20.3. The van der Waals surface area contributed by atoms with E-state index in [4.69, 9.17) is 14.5 Å². The first-order valence-corrected chi connectivity index (χ1v) is 23.4. The summed E-state index contributed by atoms with van der Waals surface area (Å²) in [5.41, 5.74) is 9.52. The summed E-state index contributed by atoms with van der Waals surface area (Å²) in [5, 5.41) is 16.7. The number of esters is 1. The second-order valence-electron chi connectivity index (χ2n) is 19.1. The number of ether oxygens (including phenoxy) is 2. The molecule has 5 heterocycles. The average molecular weight is 919 g/mol. The molecule has 6 bridgehead atoms. The van der Waals surface area contributed by atoms with Crippen LogP contribution in [-0.4, -0.2) is 136 Å². The molecule has 2 aromatic heterocycles. The molecule has 3 unspecified atom stereocenters. The lowest BCUT2D eigenvalue weighted by molar-refractivity contribution is -0.155. The molecule has 358 valence electrons. The van der Waals surface area contributed by atoms with Gasteiger partial charge in [0.1, 0.15) is 23.9 Å². The Morgan fingerprint density at radius 2 is 1.78 bits per heavy atom. The van der Waals surface area contributed by atoms with Crippen LogP contribution in [0.3, 0.4) is 0 Å². The summed E-state index contributed by atoms with van der Waals surface area (Å²) in [6.45, 7) is 17.8. The number of hydrazine groups is 1. The van der Waals surface area contributed by atoms with E-state index in [0.29, 0.717) is 50.0 Å². The van der Waals surface area contributed by atoms with Gasteiger partial charge in [-0.25, -0.2) is 10.2 Å². The lowest BCUT2D eigenvalue weighted by Gasteiger charge is -2.39. The van der Waals surface area contributed by atoms with Crippen LogP contribution in [0.2, 0.25) is 0 Å². The number of likely N-dealkylation sites (N-methyl/N-ethyl adjacent to an activating group) is 1. The molecule has 16 heteroatoms. The van der Waals surface area contributed by atoms with Crippen LogP contribution in [0.1, 0.15) is 77.3 Å². The fourth-order valence-corrected chi connectivity index (χ4v) is 9.84. The van der Waals surface area contributed by atoms with Crippen LogP contribution < -0.4 is 10.7 Å². The van der Waals surface area contributed by atoms with Gasteiger partial charge in [0.05, 0.1) is 24.1 Å². The molecular weight excluding hydrogens is 853 g/mol. The van der Waals surface area contributed by atoms with Crippen molar-refractivity contribution >= 4 is 40.6 Å². The van der Waals surface area contributed by atoms with Crippen LogP contribution in [0.4, 0.5) is 4.79 Å². The number of phenols is 1. The lowest BCUT2D eigenvalue weighted by atomic mass is 9.84. The molecule has 2 aromatic carbocycles. The highest BCUT2D eigenvalue weighted by Crippen LogP contribution is 2.42. The van der Waals surface area contributed by atoms with Gasteiger partial charge < -0.3 is 39.2 Å². The zero-order valence-corrected chi connectivity index (χ0v) is 40.1. The van der Waals surface area contributed by atoms with Crippen LogP contribution in [0.5, 0.6) is 5.75 Å². The number of benzene rings is 2. The maximum Gasteiger partial charge on any atom is 0.324 e. The van der Waals surface area contributed by atoms with Gasteiger partial charge in [-0.2, -0.15) is 0 Å². The highest BCUT2D eigenvalue weighted by molar-refractivity contribution is 5.96. The Bertz CT molecular complexity index is 2530. The van der Waals surface area contributed by atoms with E-state index in [2.05, 4.69) is 60.9 Å². The quantitative estimate of drug-likeness (QED) is 0.136. The van der Waals surface area contributed by atoms with Gasteiger partial charge in [-0.05, 0) is 104 Å². The summed E-state index contributed by atoms with van der Waals surface area (Å²) < 4.78 is 14.2. The number of aryl methyl sites for hydroxylation is 1. The van der Waals surface area contributed by atoms with Crippen molar-refractivity contribution in [1.29, 1.82) is 0 Å². The van der Waals surface area contributed by atoms with Crippen molar-refractivity contribution < 1.29 is 38.6 Å². The molecule has 0 spiro atoms. The van der Waals surface area contributed by atoms with Gasteiger partial charge >= 0.3 is 12.0 Å². The highest BCUT2D eigenvalue weighted by Gasteiger charge is 2.39. The monoisotopic (exact) mass is 919 g/mol. The van der Waals surface area contributed by atoms with E-state index < -0.39 is 41.3 Å². The number of piperazine rings is 1. The maximum atomic E-state index is 14.7. The number of hydrogen-bond acceptors (Lipinski definition) is 10. The Hall–Kier alpha value is -6.26. The van der Waals surface area contributed by atoms with Crippen molar-refractivity contribution in [2.45, 2.75) is 98.0 Å². The molecule has 2 fully saturated rings. The fraction of sp³-hybridized carbons (Fsp3) is 0.490. The number of rotatable bonds is 9. The summed E-state index contributed by atoms with van der Waals surface area (Å²) in [4.78, 5) is 78.7. The molecule has 0 saturated carbocycles. The van der Waals surface area contributed by atoms with Gasteiger partial charge in [-0.15, -0.1) is 0 Å². The number of pyridine rings is 1. The van der Waals surface area contributed by atoms with Gasteiger partial charge in [0.15, 0.2) is 0 Å². The molecule has 3 N–H and O–H groups in total. The number of nitrogens with zero attached hydrogens (tertiary/aromatic N) is 6. The second-order valence-corrected chi connectivity index (χ2v) is 19.1. The Labute approximate surface area is 393 Å². The minimum atomic E-state index is -1.17. The van der Waals surface area contributed by atoms with Gasteiger partial charge in [0, 0.05) is 87.9 Å². The van der Waals surface area contributed by atoms with E-state index >= 15 is 0 Å². The number of hydrogen-bond donors (Lipinski definition) is 3. The standard InChI is InChI=1S/C51H66N8O8/c1-10-43(61)56-20-22-57(23-21-56)50(65)55(8)45(31(3)4)47(62)53-41-26-33-24-35(27-36(60)25-33)34-16-17-42-38(28-34)39(46(58(42)11-2)37-14-12-18-52-44(37)32(5)66-9)29-51(6,7)30-67-49(64)40-15-13-19-59(54-40)48(41)63/h10,12,14,16-18,24-25,27-28,31-32,40-41,45,54,60H,1,11,13,15,19-23,26,29-30H2,2-9H3,(H,53,62)/t32?,40-,41?,45?/m0/s1. The van der Waals surface area contributed by atoms with E-state index in [1.807, 2.05) is 39.0 Å². The molecule has 3 aliphatic heterocycles. The number of carbonyl (C=O) groups excluding carboxylic acids is 5. The molecule has 0 radical (unpaired) electrons. The molecule has 4 aromatic rings. The van der Waals surface area contributed by atoms with Gasteiger partial charge in [-0.1, -0.05) is 46.4 Å². The SMILES string of the molecule is C=CC(=O)N1CCN(C(=O)N(C)C(C(=O)NC2Cc3cc(O)cc(c3)-c3ccc4c(c3)c(c(-c3cccnc3C(C)OC)n4CC)CC(C)(C)COC(=O)[C@@H]3CCCN(N3)C2=O)C(C)C)CC1. The van der Waals surface area contributed by atoms with E-state index in [9.17, 15) is 29.1 Å². The van der Waals surface area contributed by atoms with E-state index in [1.165, 1.54) is 16.0 Å². The Morgan fingerprint density at radius 1 is 1.04 bits per heavy atom. The van der Waals surface area contributed by atoms with Gasteiger partial charge in [0.2, 0.25) is 11.8 Å². The van der Waals surface area contributed by atoms with Crippen LogP contribution in [0.15, 0.2) is 67.4 Å². The number of amides is 5. The number of methoxy groups -OCH3 is 1. The van der Waals surface area contributed by atoms with E-state index in [-0.39, 0.29) is 62.4 Å². The summed E-state index contributed by atoms with van der Waals surface area (Å²) >= 11 is 0. The zero-order chi connectivity index (χ0) is 48.3. The van der Waals surface area contributed by atoms with Crippen LogP contribution in [0, 0.1) is 11.3 Å². The lowest BCUT2D eigenvalue weighted by Crippen LogP contribution is -2.63. The maximum absolute atomic E-state index is 14.7. The predicted molar refractivity (Wildman–Crippen MR) is 255 cm³/mol. The first kappa shape index (κ1) is 48.7. The molecule has 2 saturated heterocycles. The van der Waals surface area contributed by atoms with Crippen molar-refractivity contribution in [3.05, 3.63) is 84.2 Å². The van der Waals surface area contributed by atoms with E-state index in [1.54, 1.807) is 42.3 Å². The summed E-state index contributed by atoms with van der Waals surface area (Å²) in [6.07, 6.45) is 4.21. The summed E-state index contributed by atoms with van der Waals surface area (Å²) in [5.74, 6) is -2.07. The molecular formula is C51H66N8O8. The van der Waals surface area contributed by atoms with Crippen molar-refractivity contribution in [3.8, 4) is 28.1 Å². The number of nitrogens with one attached hydrogen (secondary N) is 2. The third-order valence-corrected chi connectivity index (χ3v) is 13.3. The average Bonchev–Trinajstić information content (AvgIpc) is 3.62. The van der Waals surface area contributed by atoms with Gasteiger partial charge in [-0.3, -0.25) is 29.2 Å². The van der Waals surface area contributed by atoms with Crippen LogP contribution in [0.25, 0.3) is 33.3 Å². The number of aromatic hydroxyl groups is 1. The Kier molecular flexibility index (Phi) is 14.8. The van der Waals surface area contributed by atoms with Gasteiger partial charge in [0.25, 0.3) is 5.91 Å². The molecule has 3 aliphatic rings. The van der Waals surface area contributed by atoms with Crippen molar-refractivity contribution in [3.63, 3.8) is 0 Å². The first-order valence-electron chi connectivity index (χ1n) is 23.4.